The summed E-state index contributed by atoms with van der Waals surface area (Å²) < 4.78 is 45.9. The molecule has 0 spiro atoms. The molecule has 130 valence electrons. The Morgan fingerprint density at radius 3 is 2.83 bits per heavy atom. The molecule has 2 rings (SSSR count). The third-order valence-electron chi connectivity index (χ3n) is 2.93. The molecule has 0 aliphatic rings. The van der Waals surface area contributed by atoms with E-state index in [0.717, 1.165) is 0 Å². The summed E-state index contributed by atoms with van der Waals surface area (Å²) in [5.74, 6) is 0.749. The van der Waals surface area contributed by atoms with E-state index in [4.69, 9.17) is 4.52 Å². The van der Waals surface area contributed by atoms with Crippen LogP contribution in [0, 0.1) is 6.92 Å². The van der Waals surface area contributed by atoms with E-state index in [9.17, 15) is 18.0 Å². The van der Waals surface area contributed by atoms with Crippen molar-refractivity contribution in [3.63, 3.8) is 0 Å². The van der Waals surface area contributed by atoms with Gasteiger partial charge in [0.15, 0.2) is 12.4 Å². The average Bonchev–Trinajstić information content (AvgIpc) is 2.94. The number of halogens is 3. The number of hydrogen-bond acceptors (Lipinski definition) is 5. The molecule has 1 aromatic carbocycles. The highest BCUT2D eigenvalue weighted by Gasteiger charge is 2.28. The van der Waals surface area contributed by atoms with Crippen molar-refractivity contribution in [1.82, 2.24) is 15.5 Å². The van der Waals surface area contributed by atoms with Crippen LogP contribution in [0.1, 0.15) is 23.7 Å². The number of aryl methyl sites for hydroxylation is 2. The van der Waals surface area contributed by atoms with Gasteiger partial charge in [-0.05, 0) is 24.6 Å². The molecule has 24 heavy (non-hydrogen) atoms. The number of carbonyl (C=O) groups excluding carboxylic acids is 1. The molecule has 6 nitrogen and oxygen atoms in total. The minimum absolute atomic E-state index is 0.0976. The van der Waals surface area contributed by atoms with Gasteiger partial charge in [0.1, 0.15) is 5.75 Å². The molecule has 1 aromatic heterocycles. The van der Waals surface area contributed by atoms with Crippen molar-refractivity contribution in [3.05, 3.63) is 41.5 Å². The zero-order chi connectivity index (χ0) is 17.6. The van der Waals surface area contributed by atoms with Gasteiger partial charge in [-0.25, -0.2) is 0 Å². The van der Waals surface area contributed by atoms with Crippen LogP contribution < -0.4 is 10.1 Å². The summed E-state index contributed by atoms with van der Waals surface area (Å²) in [6.07, 6.45) is -3.90. The first-order valence-corrected chi connectivity index (χ1v) is 7.16. The van der Waals surface area contributed by atoms with Gasteiger partial charge in [-0.1, -0.05) is 17.3 Å². The standard InChI is InChI=1S/C15H16F3N3O3/c1-10-20-14(24-21-10)6-5-13(22)19-8-11-3-2-4-12(7-11)23-9-15(16,17)18/h2-4,7H,5-6,8-9H2,1H3,(H,19,22). The van der Waals surface area contributed by atoms with Gasteiger partial charge in [-0.2, -0.15) is 18.2 Å². The Morgan fingerprint density at radius 2 is 2.17 bits per heavy atom. The van der Waals surface area contributed by atoms with Crippen LogP contribution in [-0.2, 0) is 17.8 Å². The molecule has 1 N–H and O–H groups in total. The maximum absolute atomic E-state index is 12.1. The van der Waals surface area contributed by atoms with Crippen molar-refractivity contribution in [2.45, 2.75) is 32.5 Å². The normalized spacial score (nSPS) is 11.3. The van der Waals surface area contributed by atoms with E-state index in [2.05, 4.69) is 20.2 Å². The number of amides is 1. The van der Waals surface area contributed by atoms with Crippen LogP contribution in [0.2, 0.25) is 0 Å². The van der Waals surface area contributed by atoms with Crippen molar-refractivity contribution in [1.29, 1.82) is 0 Å². The summed E-state index contributed by atoms with van der Waals surface area (Å²) in [5.41, 5.74) is 0.636. The minimum Gasteiger partial charge on any atom is -0.484 e. The molecule has 1 heterocycles. The maximum atomic E-state index is 12.1. The SMILES string of the molecule is Cc1noc(CCC(=O)NCc2cccc(OCC(F)(F)F)c2)n1. The van der Waals surface area contributed by atoms with E-state index in [1.165, 1.54) is 12.1 Å². The Kier molecular flexibility index (Phi) is 5.78. The van der Waals surface area contributed by atoms with Gasteiger partial charge in [0.05, 0.1) is 0 Å². The van der Waals surface area contributed by atoms with Gasteiger partial charge >= 0.3 is 6.18 Å². The van der Waals surface area contributed by atoms with Crippen LogP contribution in [-0.4, -0.2) is 28.8 Å². The zero-order valence-electron chi connectivity index (χ0n) is 12.9. The smallest absolute Gasteiger partial charge is 0.422 e. The molecule has 0 aliphatic heterocycles. The average molecular weight is 343 g/mol. The summed E-state index contributed by atoms with van der Waals surface area (Å²) in [4.78, 5) is 15.7. The first-order valence-electron chi connectivity index (χ1n) is 7.16. The third kappa shape index (κ3) is 6.27. The van der Waals surface area contributed by atoms with Crippen molar-refractivity contribution < 1.29 is 27.2 Å². The van der Waals surface area contributed by atoms with Crippen molar-refractivity contribution in [2.75, 3.05) is 6.61 Å². The van der Waals surface area contributed by atoms with Gasteiger partial charge in [0.25, 0.3) is 0 Å². The highest BCUT2D eigenvalue weighted by molar-refractivity contribution is 5.76. The van der Waals surface area contributed by atoms with Crippen LogP contribution in [0.5, 0.6) is 5.75 Å². The van der Waals surface area contributed by atoms with Gasteiger partial charge < -0.3 is 14.6 Å². The molecule has 0 bridgehead atoms. The van der Waals surface area contributed by atoms with Gasteiger partial charge in [-0.3, -0.25) is 4.79 Å². The second kappa shape index (κ2) is 7.80. The summed E-state index contributed by atoms with van der Waals surface area (Å²) >= 11 is 0. The first kappa shape index (κ1) is 17.8. The number of aromatic nitrogens is 2. The lowest BCUT2D eigenvalue weighted by Crippen LogP contribution is -2.23. The van der Waals surface area contributed by atoms with Crippen LogP contribution in [0.4, 0.5) is 13.2 Å². The summed E-state index contributed by atoms with van der Waals surface area (Å²) in [7, 11) is 0. The molecule has 9 heteroatoms. The van der Waals surface area contributed by atoms with E-state index < -0.39 is 12.8 Å². The molecule has 0 atom stereocenters. The van der Waals surface area contributed by atoms with Crippen LogP contribution >= 0.6 is 0 Å². The number of nitrogens with one attached hydrogen (secondary N) is 1. The van der Waals surface area contributed by atoms with E-state index in [-0.39, 0.29) is 24.6 Å². The largest absolute Gasteiger partial charge is 0.484 e. The molecular weight excluding hydrogens is 327 g/mol. The number of alkyl halides is 3. The first-order chi connectivity index (χ1) is 11.3. The zero-order valence-corrected chi connectivity index (χ0v) is 12.9. The molecule has 1 amide bonds. The van der Waals surface area contributed by atoms with Crippen molar-refractivity contribution in [3.8, 4) is 5.75 Å². The fourth-order valence-electron chi connectivity index (χ4n) is 1.86. The van der Waals surface area contributed by atoms with E-state index in [1.54, 1.807) is 19.1 Å². The molecule has 2 aromatic rings. The summed E-state index contributed by atoms with van der Waals surface area (Å²) in [5, 5.41) is 6.29. The number of rotatable bonds is 7. The molecule has 0 unspecified atom stereocenters. The Hall–Kier alpha value is -2.58. The molecule has 0 fully saturated rings. The molecule has 0 saturated carbocycles. The Morgan fingerprint density at radius 1 is 1.38 bits per heavy atom. The fraction of sp³-hybridized carbons (Fsp3) is 0.400. The van der Waals surface area contributed by atoms with Crippen molar-refractivity contribution >= 4 is 5.91 Å². The van der Waals surface area contributed by atoms with Crippen LogP contribution in [0.15, 0.2) is 28.8 Å². The second-order valence-corrected chi connectivity index (χ2v) is 5.06. The van der Waals surface area contributed by atoms with E-state index >= 15 is 0 Å². The van der Waals surface area contributed by atoms with Crippen LogP contribution in [0.25, 0.3) is 0 Å². The summed E-state index contributed by atoms with van der Waals surface area (Å²) in [6.45, 7) is 0.512. The number of benzene rings is 1. The topological polar surface area (TPSA) is 77.2 Å². The number of carbonyl (C=O) groups is 1. The minimum atomic E-state index is -4.39. The Bertz CT molecular complexity index is 686. The lowest BCUT2D eigenvalue weighted by atomic mass is 10.2. The Labute approximate surface area is 136 Å². The van der Waals surface area contributed by atoms with Crippen molar-refractivity contribution in [2.24, 2.45) is 0 Å². The molecule has 0 saturated heterocycles. The fourth-order valence-corrected chi connectivity index (χ4v) is 1.86. The lowest BCUT2D eigenvalue weighted by molar-refractivity contribution is -0.153. The molecular formula is C15H16F3N3O3. The summed E-state index contributed by atoms with van der Waals surface area (Å²) in [6, 6.07) is 6.12. The lowest BCUT2D eigenvalue weighted by Gasteiger charge is -2.10. The monoisotopic (exact) mass is 343 g/mol. The molecule has 0 radical (unpaired) electrons. The van der Waals surface area contributed by atoms with Gasteiger partial charge in [-0.15, -0.1) is 0 Å². The second-order valence-electron chi connectivity index (χ2n) is 5.06. The van der Waals surface area contributed by atoms with Gasteiger partial charge in [0.2, 0.25) is 11.8 Å². The predicted molar refractivity (Wildman–Crippen MR) is 77.2 cm³/mol. The van der Waals surface area contributed by atoms with E-state index in [0.29, 0.717) is 23.7 Å². The predicted octanol–water partition coefficient (Wildman–Crippen LogP) is 2.57. The Balaban J connectivity index is 1.77. The quantitative estimate of drug-likeness (QED) is 0.836. The maximum Gasteiger partial charge on any atom is 0.422 e. The van der Waals surface area contributed by atoms with Gasteiger partial charge in [0, 0.05) is 19.4 Å². The number of ether oxygens (including phenoxy) is 1. The number of hydrogen-bond donors (Lipinski definition) is 1. The van der Waals surface area contributed by atoms with E-state index in [1.807, 2.05) is 0 Å². The number of nitrogens with zero attached hydrogens (tertiary/aromatic N) is 2. The van der Waals surface area contributed by atoms with Crippen LogP contribution in [0.3, 0.4) is 0 Å². The third-order valence-corrected chi connectivity index (χ3v) is 2.93. The highest BCUT2D eigenvalue weighted by atomic mass is 19.4. The highest BCUT2D eigenvalue weighted by Crippen LogP contribution is 2.19. The molecule has 0 aliphatic carbocycles.